The number of ether oxygens (including phenoxy) is 1. The normalized spacial score (nSPS) is 9.79. The summed E-state index contributed by atoms with van der Waals surface area (Å²) in [5.74, 6) is -0.00172. The summed E-state index contributed by atoms with van der Waals surface area (Å²) in [5, 5.41) is 14.0. The van der Waals surface area contributed by atoms with Crippen LogP contribution in [0.3, 0.4) is 0 Å². The van der Waals surface area contributed by atoms with Crippen molar-refractivity contribution in [3.05, 3.63) is 0 Å². The quantitative estimate of drug-likeness (QED) is 0.183. The lowest BCUT2D eigenvalue weighted by atomic mass is 10.0. The van der Waals surface area contributed by atoms with E-state index in [0.717, 1.165) is 33.5 Å². The standard InChI is InChI=1S/C22H44O2.2CH4O/c1-3-5-7-8-9-10-11-12-13-14-15-16-17-18-19-20-22(23)24-21-6-4-2;2*1-2/h3-21H2,1-2H3;2*2H,1H3. The van der Waals surface area contributed by atoms with Crippen LogP contribution in [0.2, 0.25) is 0 Å². The first-order chi connectivity index (χ1) is 13.8. The van der Waals surface area contributed by atoms with Crippen molar-refractivity contribution in [3.8, 4) is 0 Å². The molecule has 0 amide bonds. The van der Waals surface area contributed by atoms with Gasteiger partial charge in [-0.25, -0.2) is 0 Å². The van der Waals surface area contributed by atoms with Crippen LogP contribution in [0, 0.1) is 0 Å². The largest absolute Gasteiger partial charge is 0.466 e. The Bertz CT molecular complexity index is 257. The highest BCUT2D eigenvalue weighted by atomic mass is 16.5. The van der Waals surface area contributed by atoms with Crippen molar-refractivity contribution in [1.82, 2.24) is 0 Å². The highest BCUT2D eigenvalue weighted by molar-refractivity contribution is 5.69. The number of aliphatic hydroxyl groups is 2. The lowest BCUT2D eigenvalue weighted by molar-refractivity contribution is -0.143. The Morgan fingerprint density at radius 1 is 0.536 bits per heavy atom. The smallest absolute Gasteiger partial charge is 0.305 e. The van der Waals surface area contributed by atoms with Gasteiger partial charge in [-0.15, -0.1) is 0 Å². The van der Waals surface area contributed by atoms with Gasteiger partial charge in [-0.3, -0.25) is 4.79 Å². The predicted molar refractivity (Wildman–Crippen MR) is 122 cm³/mol. The summed E-state index contributed by atoms with van der Waals surface area (Å²) in [6, 6.07) is 0. The van der Waals surface area contributed by atoms with Gasteiger partial charge in [0.05, 0.1) is 6.61 Å². The molecule has 0 radical (unpaired) electrons. The third-order valence-electron chi connectivity index (χ3n) is 4.75. The molecule has 0 aliphatic rings. The monoisotopic (exact) mass is 404 g/mol. The van der Waals surface area contributed by atoms with Gasteiger partial charge in [0.15, 0.2) is 0 Å². The summed E-state index contributed by atoms with van der Waals surface area (Å²) in [4.78, 5) is 11.4. The van der Waals surface area contributed by atoms with Crippen LogP contribution in [-0.4, -0.2) is 37.0 Å². The third-order valence-corrected chi connectivity index (χ3v) is 4.75. The van der Waals surface area contributed by atoms with Crippen LogP contribution in [0.15, 0.2) is 0 Å². The first-order valence-corrected chi connectivity index (χ1v) is 11.9. The summed E-state index contributed by atoms with van der Waals surface area (Å²) < 4.78 is 5.16. The summed E-state index contributed by atoms with van der Waals surface area (Å²) >= 11 is 0. The Morgan fingerprint density at radius 3 is 1.21 bits per heavy atom. The molecule has 2 N–H and O–H groups in total. The maximum Gasteiger partial charge on any atom is 0.305 e. The van der Waals surface area contributed by atoms with Crippen molar-refractivity contribution in [3.63, 3.8) is 0 Å². The first kappa shape index (κ1) is 32.1. The van der Waals surface area contributed by atoms with E-state index >= 15 is 0 Å². The van der Waals surface area contributed by atoms with E-state index in [9.17, 15) is 4.79 Å². The van der Waals surface area contributed by atoms with Crippen LogP contribution in [0.25, 0.3) is 0 Å². The lowest BCUT2D eigenvalue weighted by Crippen LogP contribution is -2.05. The second kappa shape index (κ2) is 33.9. The van der Waals surface area contributed by atoms with Crippen LogP contribution in [0.5, 0.6) is 0 Å². The van der Waals surface area contributed by atoms with E-state index < -0.39 is 0 Å². The van der Waals surface area contributed by atoms with Crippen molar-refractivity contribution >= 4 is 5.97 Å². The molecule has 0 fully saturated rings. The zero-order valence-electron chi connectivity index (χ0n) is 19.6. The molecule has 0 bridgehead atoms. The molecule has 0 rings (SSSR count). The molecule has 0 saturated heterocycles. The molecule has 0 aromatic heterocycles. The van der Waals surface area contributed by atoms with Gasteiger partial charge in [-0.05, 0) is 12.8 Å². The minimum absolute atomic E-state index is 0.00172. The molecule has 0 unspecified atom stereocenters. The Morgan fingerprint density at radius 2 is 0.857 bits per heavy atom. The highest BCUT2D eigenvalue weighted by Crippen LogP contribution is 2.13. The zero-order chi connectivity index (χ0) is 21.7. The highest BCUT2D eigenvalue weighted by Gasteiger charge is 2.01. The summed E-state index contributed by atoms with van der Waals surface area (Å²) in [5.41, 5.74) is 0. The molecule has 0 spiro atoms. The third kappa shape index (κ3) is 33.0. The van der Waals surface area contributed by atoms with E-state index in [4.69, 9.17) is 14.9 Å². The molecule has 0 aromatic carbocycles. The van der Waals surface area contributed by atoms with Gasteiger partial charge in [0.2, 0.25) is 0 Å². The van der Waals surface area contributed by atoms with E-state index in [1.807, 2.05) is 0 Å². The topological polar surface area (TPSA) is 66.8 Å². The van der Waals surface area contributed by atoms with Crippen LogP contribution in [0.4, 0.5) is 0 Å². The molecule has 0 heterocycles. The van der Waals surface area contributed by atoms with Crippen LogP contribution >= 0.6 is 0 Å². The Labute approximate surface area is 176 Å². The Hall–Kier alpha value is -0.610. The molecule has 0 atom stereocenters. The van der Waals surface area contributed by atoms with Gasteiger partial charge >= 0.3 is 5.97 Å². The maximum atomic E-state index is 11.4. The van der Waals surface area contributed by atoms with Crippen molar-refractivity contribution in [2.75, 3.05) is 20.8 Å². The van der Waals surface area contributed by atoms with Crippen molar-refractivity contribution in [1.29, 1.82) is 0 Å². The molecular weight excluding hydrogens is 352 g/mol. The average Bonchev–Trinajstić information content (AvgIpc) is 2.74. The van der Waals surface area contributed by atoms with Gasteiger partial charge in [0.1, 0.15) is 0 Å². The predicted octanol–water partition coefficient (Wildman–Crippen LogP) is 6.81. The lowest BCUT2D eigenvalue weighted by Gasteiger charge is -2.04. The average molecular weight is 405 g/mol. The number of unbranched alkanes of at least 4 members (excludes halogenated alkanes) is 15. The number of esters is 1. The van der Waals surface area contributed by atoms with Gasteiger partial charge in [0, 0.05) is 20.6 Å². The van der Waals surface area contributed by atoms with Gasteiger partial charge < -0.3 is 14.9 Å². The molecule has 4 heteroatoms. The molecule has 4 nitrogen and oxygen atoms in total. The number of carbonyl (C=O) groups excluding carboxylic acids is 1. The fourth-order valence-electron chi connectivity index (χ4n) is 3.04. The molecule has 0 aliphatic heterocycles. The van der Waals surface area contributed by atoms with E-state index in [0.29, 0.717) is 13.0 Å². The molecule has 172 valence electrons. The second-order valence-electron chi connectivity index (χ2n) is 7.27. The number of hydrogen-bond acceptors (Lipinski definition) is 4. The maximum absolute atomic E-state index is 11.4. The molecule has 0 saturated carbocycles. The number of aliphatic hydroxyl groups excluding tert-OH is 2. The van der Waals surface area contributed by atoms with Crippen LogP contribution < -0.4 is 0 Å². The fourth-order valence-corrected chi connectivity index (χ4v) is 3.04. The Kier molecular flexibility index (Phi) is 38.9. The summed E-state index contributed by atoms with van der Waals surface area (Å²) in [6.07, 6.45) is 23.1. The van der Waals surface area contributed by atoms with Crippen LogP contribution in [0.1, 0.15) is 129 Å². The first-order valence-electron chi connectivity index (χ1n) is 11.9. The molecule has 28 heavy (non-hydrogen) atoms. The fraction of sp³-hybridized carbons (Fsp3) is 0.958. The van der Waals surface area contributed by atoms with Crippen LogP contribution in [-0.2, 0) is 9.53 Å². The number of rotatable bonds is 19. The second-order valence-corrected chi connectivity index (χ2v) is 7.27. The minimum Gasteiger partial charge on any atom is -0.466 e. The van der Waals surface area contributed by atoms with Gasteiger partial charge in [-0.1, -0.05) is 110 Å². The SMILES string of the molecule is CCCCCCCCCCCCCCCCCC(=O)OCCCC.CO.CO. The van der Waals surface area contributed by atoms with Crippen molar-refractivity contribution in [2.45, 2.75) is 129 Å². The van der Waals surface area contributed by atoms with Gasteiger partial charge in [-0.2, -0.15) is 0 Å². The number of carbonyl (C=O) groups is 1. The zero-order valence-corrected chi connectivity index (χ0v) is 19.6. The molecule has 0 aliphatic carbocycles. The van der Waals surface area contributed by atoms with E-state index in [-0.39, 0.29) is 5.97 Å². The molecular formula is C24H52O4. The van der Waals surface area contributed by atoms with Crippen molar-refractivity contribution in [2.24, 2.45) is 0 Å². The van der Waals surface area contributed by atoms with E-state index in [2.05, 4.69) is 13.8 Å². The number of hydrogen-bond donors (Lipinski definition) is 2. The minimum atomic E-state index is -0.00172. The van der Waals surface area contributed by atoms with E-state index in [1.54, 1.807) is 0 Å². The molecule has 0 aromatic rings. The summed E-state index contributed by atoms with van der Waals surface area (Å²) in [6.45, 7) is 5.00. The summed E-state index contributed by atoms with van der Waals surface area (Å²) in [7, 11) is 2.00. The van der Waals surface area contributed by atoms with Gasteiger partial charge in [0.25, 0.3) is 0 Å². The Balaban J connectivity index is -0.00000146. The van der Waals surface area contributed by atoms with E-state index in [1.165, 1.54) is 89.9 Å². The van der Waals surface area contributed by atoms with Crippen molar-refractivity contribution < 1.29 is 19.7 Å².